The van der Waals surface area contributed by atoms with E-state index in [-0.39, 0.29) is 0 Å². The van der Waals surface area contributed by atoms with Crippen LogP contribution in [-0.4, -0.2) is 61.8 Å². The quantitative estimate of drug-likeness (QED) is 0.832. The molecule has 2 heterocycles. The van der Waals surface area contributed by atoms with Gasteiger partial charge in [-0.05, 0) is 30.4 Å². The maximum absolute atomic E-state index is 5.49. The zero-order chi connectivity index (χ0) is 15.4. The molecule has 1 aromatic rings. The topological polar surface area (TPSA) is 15.7 Å². The van der Waals surface area contributed by atoms with Gasteiger partial charge in [-0.25, -0.2) is 0 Å². The summed E-state index contributed by atoms with van der Waals surface area (Å²) in [6.07, 6.45) is 1.26. The summed E-state index contributed by atoms with van der Waals surface area (Å²) in [5, 5.41) is 0. The van der Waals surface area contributed by atoms with Crippen molar-refractivity contribution in [3.05, 3.63) is 35.9 Å². The Kier molecular flexibility index (Phi) is 5.51. The van der Waals surface area contributed by atoms with Crippen LogP contribution < -0.4 is 0 Å². The highest BCUT2D eigenvalue weighted by atomic mass is 16.5. The lowest BCUT2D eigenvalue weighted by molar-refractivity contribution is 0.0118. The molecular weight excluding hydrogens is 272 g/mol. The molecule has 0 spiro atoms. The van der Waals surface area contributed by atoms with Gasteiger partial charge in [0.25, 0.3) is 0 Å². The van der Waals surface area contributed by atoms with E-state index in [1.807, 2.05) is 0 Å². The van der Waals surface area contributed by atoms with E-state index in [0.717, 1.165) is 38.3 Å². The Hall–Kier alpha value is -0.900. The van der Waals surface area contributed by atoms with Crippen LogP contribution in [0.15, 0.2) is 30.3 Å². The third-order valence-electron chi connectivity index (χ3n) is 5.41. The summed E-state index contributed by atoms with van der Waals surface area (Å²) in [5.41, 5.74) is 1.47. The average Bonchev–Trinajstić information content (AvgIpc) is 2.95. The van der Waals surface area contributed by atoms with Crippen molar-refractivity contribution in [1.29, 1.82) is 0 Å². The van der Waals surface area contributed by atoms with Crippen LogP contribution >= 0.6 is 0 Å². The predicted octanol–water partition coefficient (Wildman–Crippen LogP) is 2.83. The standard InChI is InChI=1S/C19H30N2O/c1-16(18-6-4-3-5-7-18)8-9-20-14-17(2)19(15-20)21-10-12-22-13-11-21/h3-7,16-17,19H,8-15H2,1-2H3/t16-,17+,19-/m1/s1. The van der Waals surface area contributed by atoms with Gasteiger partial charge in [0.15, 0.2) is 0 Å². The first-order chi connectivity index (χ1) is 10.7. The fourth-order valence-corrected chi connectivity index (χ4v) is 3.94. The largest absolute Gasteiger partial charge is 0.379 e. The first-order valence-electron chi connectivity index (χ1n) is 8.83. The van der Waals surface area contributed by atoms with Crippen molar-refractivity contribution in [2.75, 3.05) is 45.9 Å². The molecule has 0 amide bonds. The third kappa shape index (κ3) is 3.89. The molecule has 2 fully saturated rings. The van der Waals surface area contributed by atoms with Crippen molar-refractivity contribution in [3.63, 3.8) is 0 Å². The summed E-state index contributed by atoms with van der Waals surface area (Å²) in [6.45, 7) is 12.5. The van der Waals surface area contributed by atoms with E-state index >= 15 is 0 Å². The van der Waals surface area contributed by atoms with E-state index < -0.39 is 0 Å². The summed E-state index contributed by atoms with van der Waals surface area (Å²) < 4.78 is 5.49. The molecule has 0 radical (unpaired) electrons. The Morgan fingerprint density at radius 2 is 1.86 bits per heavy atom. The Bertz CT molecular complexity index is 444. The number of ether oxygens (including phenoxy) is 1. The fraction of sp³-hybridized carbons (Fsp3) is 0.684. The molecule has 0 N–H and O–H groups in total. The van der Waals surface area contributed by atoms with Crippen LogP contribution in [0, 0.1) is 5.92 Å². The van der Waals surface area contributed by atoms with E-state index in [9.17, 15) is 0 Å². The van der Waals surface area contributed by atoms with Crippen molar-refractivity contribution in [2.45, 2.75) is 32.2 Å². The zero-order valence-electron chi connectivity index (χ0n) is 14.1. The number of morpholine rings is 1. The van der Waals surface area contributed by atoms with E-state index in [4.69, 9.17) is 4.74 Å². The minimum atomic E-state index is 0.652. The van der Waals surface area contributed by atoms with E-state index in [1.54, 1.807) is 0 Å². The molecule has 0 unspecified atom stereocenters. The molecule has 1 aromatic carbocycles. The van der Waals surface area contributed by atoms with Gasteiger partial charge in [0.05, 0.1) is 13.2 Å². The van der Waals surface area contributed by atoms with Gasteiger partial charge in [-0.2, -0.15) is 0 Å². The Morgan fingerprint density at radius 1 is 1.14 bits per heavy atom. The van der Waals surface area contributed by atoms with Crippen LogP contribution in [0.5, 0.6) is 0 Å². The number of rotatable bonds is 5. The molecule has 0 aromatic heterocycles. The van der Waals surface area contributed by atoms with Crippen molar-refractivity contribution >= 4 is 0 Å². The predicted molar refractivity (Wildman–Crippen MR) is 91.3 cm³/mol. The second-order valence-electron chi connectivity index (χ2n) is 7.05. The first-order valence-corrected chi connectivity index (χ1v) is 8.83. The molecule has 0 aliphatic carbocycles. The van der Waals surface area contributed by atoms with Gasteiger partial charge in [0.1, 0.15) is 0 Å². The maximum atomic E-state index is 5.49. The number of hydrogen-bond acceptors (Lipinski definition) is 3. The lowest BCUT2D eigenvalue weighted by Gasteiger charge is -2.34. The highest BCUT2D eigenvalue weighted by Gasteiger charge is 2.34. The van der Waals surface area contributed by atoms with Crippen molar-refractivity contribution in [3.8, 4) is 0 Å². The fourth-order valence-electron chi connectivity index (χ4n) is 3.94. The lowest BCUT2D eigenvalue weighted by Crippen LogP contribution is -2.46. The van der Waals surface area contributed by atoms with Crippen LogP contribution in [-0.2, 0) is 4.74 Å². The van der Waals surface area contributed by atoms with Crippen LogP contribution in [0.4, 0.5) is 0 Å². The van der Waals surface area contributed by atoms with Crippen molar-refractivity contribution in [1.82, 2.24) is 9.80 Å². The Balaban J connectivity index is 1.47. The SMILES string of the molecule is C[C@H](CCN1C[C@@H](N2CCOCC2)[C@@H](C)C1)c1ccccc1. The second-order valence-corrected chi connectivity index (χ2v) is 7.05. The van der Waals surface area contributed by atoms with Gasteiger partial charge in [-0.3, -0.25) is 4.90 Å². The van der Waals surface area contributed by atoms with Gasteiger partial charge in [-0.1, -0.05) is 44.2 Å². The molecule has 3 rings (SSSR count). The smallest absolute Gasteiger partial charge is 0.0594 e. The van der Waals surface area contributed by atoms with Crippen molar-refractivity contribution in [2.24, 2.45) is 5.92 Å². The monoisotopic (exact) mass is 302 g/mol. The molecule has 2 saturated heterocycles. The zero-order valence-corrected chi connectivity index (χ0v) is 14.1. The summed E-state index contributed by atoms with van der Waals surface area (Å²) in [5.74, 6) is 1.43. The first kappa shape index (κ1) is 16.0. The summed E-state index contributed by atoms with van der Waals surface area (Å²) in [7, 11) is 0. The molecule has 2 aliphatic rings. The minimum absolute atomic E-state index is 0.652. The van der Waals surface area contributed by atoms with E-state index in [0.29, 0.717) is 5.92 Å². The maximum Gasteiger partial charge on any atom is 0.0594 e. The van der Waals surface area contributed by atoms with Crippen LogP contribution in [0.2, 0.25) is 0 Å². The summed E-state index contributed by atoms with van der Waals surface area (Å²) in [6, 6.07) is 11.7. The molecular formula is C19H30N2O. The molecule has 0 saturated carbocycles. The molecule has 0 bridgehead atoms. The second kappa shape index (κ2) is 7.58. The van der Waals surface area contributed by atoms with E-state index in [2.05, 4.69) is 54.0 Å². The summed E-state index contributed by atoms with van der Waals surface area (Å²) >= 11 is 0. The van der Waals surface area contributed by atoms with Crippen LogP contribution in [0.25, 0.3) is 0 Å². The van der Waals surface area contributed by atoms with Crippen LogP contribution in [0.3, 0.4) is 0 Å². The molecule has 3 nitrogen and oxygen atoms in total. The Morgan fingerprint density at radius 3 is 2.59 bits per heavy atom. The minimum Gasteiger partial charge on any atom is -0.379 e. The summed E-state index contributed by atoms with van der Waals surface area (Å²) in [4.78, 5) is 5.32. The number of benzene rings is 1. The van der Waals surface area contributed by atoms with Gasteiger partial charge in [-0.15, -0.1) is 0 Å². The van der Waals surface area contributed by atoms with E-state index in [1.165, 1.54) is 31.6 Å². The van der Waals surface area contributed by atoms with Crippen molar-refractivity contribution < 1.29 is 4.74 Å². The Labute approximate surface area is 135 Å². The molecule has 22 heavy (non-hydrogen) atoms. The molecule has 122 valence electrons. The molecule has 2 aliphatic heterocycles. The van der Waals surface area contributed by atoms with Gasteiger partial charge in [0, 0.05) is 32.2 Å². The third-order valence-corrected chi connectivity index (χ3v) is 5.41. The number of nitrogens with zero attached hydrogens (tertiary/aromatic N) is 2. The molecule has 3 heteroatoms. The lowest BCUT2D eigenvalue weighted by atomic mass is 9.98. The van der Waals surface area contributed by atoms with Gasteiger partial charge in [0.2, 0.25) is 0 Å². The van der Waals surface area contributed by atoms with Gasteiger partial charge < -0.3 is 9.64 Å². The normalized spacial score (nSPS) is 28.8. The molecule has 3 atom stereocenters. The van der Waals surface area contributed by atoms with Gasteiger partial charge >= 0.3 is 0 Å². The average molecular weight is 302 g/mol. The number of likely N-dealkylation sites (tertiary alicyclic amines) is 1. The highest BCUT2D eigenvalue weighted by Crippen LogP contribution is 2.25. The van der Waals surface area contributed by atoms with Crippen LogP contribution in [0.1, 0.15) is 31.7 Å². The number of hydrogen-bond donors (Lipinski definition) is 0. The highest BCUT2D eigenvalue weighted by molar-refractivity contribution is 5.18.